The fourth-order valence-electron chi connectivity index (χ4n) is 1.27. The van der Waals surface area contributed by atoms with Crippen LogP contribution in [-0.2, 0) is 14.8 Å². The van der Waals surface area contributed by atoms with Crippen LogP contribution in [0.2, 0.25) is 0 Å². The van der Waals surface area contributed by atoms with E-state index >= 15 is 0 Å². The Hall–Kier alpha value is -1.51. The molecule has 6 nitrogen and oxygen atoms in total. The maximum absolute atomic E-state index is 13.5. The summed E-state index contributed by atoms with van der Waals surface area (Å²) in [6, 6.07) is 2.78. The number of primary sulfonamides is 1. The molecule has 1 amide bonds. The number of halogens is 1. The second kappa shape index (κ2) is 6.09. The number of hydrogen-bond acceptors (Lipinski definition) is 4. The highest BCUT2D eigenvalue weighted by Crippen LogP contribution is 2.14. The van der Waals surface area contributed by atoms with Crippen LogP contribution in [0.5, 0.6) is 0 Å². The average Bonchev–Trinajstić information content (AvgIpc) is 2.34. The summed E-state index contributed by atoms with van der Waals surface area (Å²) in [5.41, 5.74) is -0.380. The van der Waals surface area contributed by atoms with Crippen LogP contribution in [0.15, 0.2) is 23.1 Å². The molecular weight excluding hydrogens is 275 g/mol. The summed E-state index contributed by atoms with van der Waals surface area (Å²) in [5, 5.41) is 7.35. The predicted molar refractivity (Wildman–Crippen MR) is 66.6 cm³/mol. The molecule has 1 aromatic rings. The van der Waals surface area contributed by atoms with E-state index in [-0.39, 0.29) is 23.1 Å². The summed E-state index contributed by atoms with van der Waals surface area (Å²) < 4.78 is 40.7. The van der Waals surface area contributed by atoms with E-state index in [0.717, 1.165) is 18.2 Å². The van der Waals surface area contributed by atoms with Crippen LogP contribution in [0.3, 0.4) is 0 Å². The lowest BCUT2D eigenvalue weighted by Crippen LogP contribution is -2.32. The molecule has 1 unspecified atom stereocenters. The number of methoxy groups -OCH3 is 1. The summed E-state index contributed by atoms with van der Waals surface area (Å²) in [7, 11) is -2.51. The number of benzene rings is 1. The SMILES string of the molecule is COC(C)CNC(=O)c1cc(S(N)(=O)=O)ccc1F. The second-order valence-electron chi connectivity index (χ2n) is 3.94. The Bertz CT molecular complexity index is 574. The van der Waals surface area contributed by atoms with Crippen LogP contribution >= 0.6 is 0 Å². The highest BCUT2D eigenvalue weighted by atomic mass is 32.2. The second-order valence-corrected chi connectivity index (χ2v) is 5.50. The molecule has 3 N–H and O–H groups in total. The molecule has 0 aromatic heterocycles. The fourth-order valence-corrected chi connectivity index (χ4v) is 1.81. The zero-order valence-electron chi connectivity index (χ0n) is 10.5. The van der Waals surface area contributed by atoms with Crippen molar-refractivity contribution < 1.29 is 22.3 Å². The molecule has 0 fully saturated rings. The summed E-state index contributed by atoms with van der Waals surface area (Å²) in [6.45, 7) is 1.89. The standard InChI is InChI=1S/C11H15FN2O4S/c1-7(18-2)6-14-11(15)9-5-8(19(13,16)17)3-4-10(9)12/h3-5,7H,6H2,1-2H3,(H,14,15)(H2,13,16,17). The van der Waals surface area contributed by atoms with Gasteiger partial charge >= 0.3 is 0 Å². The molecule has 1 atom stereocenters. The Balaban J connectivity index is 2.96. The van der Waals surface area contributed by atoms with Crippen molar-refractivity contribution in [3.8, 4) is 0 Å². The fraction of sp³-hybridized carbons (Fsp3) is 0.364. The third-order valence-corrected chi connectivity index (χ3v) is 3.37. The van der Waals surface area contributed by atoms with E-state index in [9.17, 15) is 17.6 Å². The smallest absolute Gasteiger partial charge is 0.254 e. The number of sulfonamides is 1. The van der Waals surface area contributed by atoms with Crippen LogP contribution in [0, 0.1) is 5.82 Å². The van der Waals surface area contributed by atoms with Crippen molar-refractivity contribution in [2.45, 2.75) is 17.9 Å². The maximum Gasteiger partial charge on any atom is 0.254 e. The minimum atomic E-state index is -3.98. The van der Waals surface area contributed by atoms with Crippen molar-refractivity contribution in [2.24, 2.45) is 5.14 Å². The summed E-state index contributed by atoms with van der Waals surface area (Å²) >= 11 is 0. The number of carbonyl (C=O) groups is 1. The number of nitrogens with one attached hydrogen (secondary N) is 1. The van der Waals surface area contributed by atoms with Crippen LogP contribution in [0.25, 0.3) is 0 Å². The van der Waals surface area contributed by atoms with Crippen LogP contribution in [0.1, 0.15) is 17.3 Å². The van der Waals surface area contributed by atoms with E-state index in [1.807, 2.05) is 0 Å². The maximum atomic E-state index is 13.5. The van der Waals surface area contributed by atoms with Gasteiger partial charge in [-0.1, -0.05) is 0 Å². The molecule has 1 aromatic carbocycles. The van der Waals surface area contributed by atoms with Gasteiger partial charge in [-0.2, -0.15) is 0 Å². The molecule has 0 aliphatic carbocycles. The Morgan fingerprint density at radius 3 is 2.68 bits per heavy atom. The molecule has 0 heterocycles. The predicted octanol–water partition coefficient (Wildman–Crippen LogP) is 0.238. The van der Waals surface area contributed by atoms with Gasteiger partial charge in [-0.05, 0) is 25.1 Å². The van der Waals surface area contributed by atoms with E-state index in [4.69, 9.17) is 9.88 Å². The minimum Gasteiger partial charge on any atom is -0.380 e. The summed E-state index contributed by atoms with van der Waals surface area (Å²) in [6.07, 6.45) is -0.242. The van der Waals surface area contributed by atoms with Gasteiger partial charge in [-0.3, -0.25) is 4.79 Å². The highest BCUT2D eigenvalue weighted by Gasteiger charge is 2.17. The van der Waals surface area contributed by atoms with Gasteiger partial charge in [-0.25, -0.2) is 17.9 Å². The van der Waals surface area contributed by atoms with Gasteiger partial charge < -0.3 is 10.1 Å². The number of rotatable bonds is 5. The monoisotopic (exact) mass is 290 g/mol. The van der Waals surface area contributed by atoms with Crippen LogP contribution in [0.4, 0.5) is 4.39 Å². The lowest BCUT2D eigenvalue weighted by atomic mass is 10.2. The Labute approximate surface area is 110 Å². The first-order valence-electron chi connectivity index (χ1n) is 5.39. The molecule has 0 bridgehead atoms. The molecule has 0 radical (unpaired) electrons. The number of carbonyl (C=O) groups excluding carboxylic acids is 1. The van der Waals surface area contributed by atoms with Crippen molar-refractivity contribution in [1.29, 1.82) is 0 Å². The first-order chi connectivity index (χ1) is 8.75. The number of nitrogens with two attached hydrogens (primary N) is 1. The number of amides is 1. The minimum absolute atomic E-state index is 0.175. The van der Waals surface area contributed by atoms with E-state index in [0.29, 0.717) is 0 Å². The molecule has 0 aliphatic rings. The molecule has 0 aliphatic heterocycles. The molecule has 0 spiro atoms. The van der Waals surface area contributed by atoms with Gasteiger partial charge in [0, 0.05) is 13.7 Å². The summed E-state index contributed by atoms with van der Waals surface area (Å²) in [5.74, 6) is -1.55. The van der Waals surface area contributed by atoms with Crippen molar-refractivity contribution in [2.75, 3.05) is 13.7 Å². The molecule has 0 saturated heterocycles. The highest BCUT2D eigenvalue weighted by molar-refractivity contribution is 7.89. The van der Waals surface area contributed by atoms with Gasteiger partial charge in [0.25, 0.3) is 5.91 Å². The average molecular weight is 290 g/mol. The molecule has 8 heteroatoms. The lowest BCUT2D eigenvalue weighted by Gasteiger charge is -2.11. The van der Waals surface area contributed by atoms with Crippen molar-refractivity contribution in [1.82, 2.24) is 5.32 Å². The molecule has 106 valence electrons. The van der Waals surface area contributed by atoms with Crippen molar-refractivity contribution in [3.63, 3.8) is 0 Å². The number of hydrogen-bond donors (Lipinski definition) is 2. The van der Waals surface area contributed by atoms with Gasteiger partial charge in [0.15, 0.2) is 0 Å². The van der Waals surface area contributed by atoms with E-state index in [1.165, 1.54) is 7.11 Å². The molecular formula is C11H15FN2O4S. The third-order valence-electron chi connectivity index (χ3n) is 2.46. The van der Waals surface area contributed by atoms with Gasteiger partial charge in [-0.15, -0.1) is 0 Å². The lowest BCUT2D eigenvalue weighted by molar-refractivity contribution is 0.0866. The summed E-state index contributed by atoms with van der Waals surface area (Å²) in [4.78, 5) is 11.4. The van der Waals surface area contributed by atoms with Crippen molar-refractivity contribution in [3.05, 3.63) is 29.6 Å². The van der Waals surface area contributed by atoms with Crippen LogP contribution in [-0.4, -0.2) is 34.1 Å². The molecule has 0 saturated carbocycles. The van der Waals surface area contributed by atoms with Crippen molar-refractivity contribution >= 4 is 15.9 Å². The Morgan fingerprint density at radius 2 is 2.16 bits per heavy atom. The molecule has 1 rings (SSSR count). The van der Waals surface area contributed by atoms with E-state index < -0.39 is 21.7 Å². The zero-order valence-corrected chi connectivity index (χ0v) is 11.3. The quantitative estimate of drug-likeness (QED) is 0.811. The van der Waals surface area contributed by atoms with Crippen LogP contribution < -0.4 is 10.5 Å². The normalized spacial score (nSPS) is 13.1. The Kier molecular flexibility index (Phi) is 4.98. The topological polar surface area (TPSA) is 98.5 Å². The first-order valence-corrected chi connectivity index (χ1v) is 6.93. The third kappa shape index (κ3) is 4.27. The Morgan fingerprint density at radius 1 is 1.53 bits per heavy atom. The zero-order chi connectivity index (χ0) is 14.6. The van der Waals surface area contributed by atoms with Gasteiger partial charge in [0.05, 0.1) is 16.6 Å². The first kappa shape index (κ1) is 15.5. The molecule has 19 heavy (non-hydrogen) atoms. The van der Waals surface area contributed by atoms with Gasteiger partial charge in [0.1, 0.15) is 5.82 Å². The number of ether oxygens (including phenoxy) is 1. The van der Waals surface area contributed by atoms with E-state index in [1.54, 1.807) is 6.92 Å². The van der Waals surface area contributed by atoms with E-state index in [2.05, 4.69) is 5.32 Å². The largest absolute Gasteiger partial charge is 0.380 e. The van der Waals surface area contributed by atoms with Gasteiger partial charge in [0.2, 0.25) is 10.0 Å².